The van der Waals surface area contributed by atoms with E-state index in [1.54, 1.807) is 19.1 Å². The molecule has 0 aliphatic rings. The van der Waals surface area contributed by atoms with Gasteiger partial charge >= 0.3 is 12.4 Å². The van der Waals surface area contributed by atoms with Gasteiger partial charge in [-0.25, -0.2) is 0 Å². The van der Waals surface area contributed by atoms with Gasteiger partial charge in [-0.05, 0) is 36.8 Å². The Balaban J connectivity index is 2.50. The Hall–Kier alpha value is -2.51. The SMILES string of the molecule is Cc1cccc(C=Nc2cc(C(F)(F)F)cc(C(F)(F)F)c2)c1O. The van der Waals surface area contributed by atoms with Crippen LogP contribution in [0.3, 0.4) is 0 Å². The fourth-order valence-corrected chi connectivity index (χ4v) is 1.94. The highest BCUT2D eigenvalue weighted by molar-refractivity contribution is 5.86. The highest BCUT2D eigenvalue weighted by atomic mass is 19.4. The first-order valence-electron chi connectivity index (χ1n) is 6.60. The minimum absolute atomic E-state index is 0.0309. The Morgan fingerprint density at radius 3 is 1.96 bits per heavy atom. The number of halogens is 6. The summed E-state index contributed by atoms with van der Waals surface area (Å²) in [4.78, 5) is 3.64. The average molecular weight is 347 g/mol. The maximum absolute atomic E-state index is 12.8. The van der Waals surface area contributed by atoms with Gasteiger partial charge in [-0.3, -0.25) is 4.99 Å². The number of aromatic hydroxyl groups is 1. The molecule has 0 aromatic heterocycles. The Kier molecular flexibility index (Phi) is 4.59. The van der Waals surface area contributed by atoms with Gasteiger partial charge in [0.25, 0.3) is 0 Å². The van der Waals surface area contributed by atoms with Crippen molar-refractivity contribution in [3.8, 4) is 5.75 Å². The molecule has 24 heavy (non-hydrogen) atoms. The van der Waals surface area contributed by atoms with Gasteiger partial charge in [0.15, 0.2) is 0 Å². The lowest BCUT2D eigenvalue weighted by Gasteiger charge is -2.12. The van der Waals surface area contributed by atoms with E-state index in [4.69, 9.17) is 0 Å². The molecule has 0 amide bonds. The van der Waals surface area contributed by atoms with Gasteiger partial charge in [0, 0.05) is 11.8 Å². The van der Waals surface area contributed by atoms with Crippen molar-refractivity contribution >= 4 is 11.9 Å². The summed E-state index contributed by atoms with van der Waals surface area (Å²) >= 11 is 0. The molecule has 0 atom stereocenters. The third-order valence-electron chi connectivity index (χ3n) is 3.19. The molecule has 0 radical (unpaired) electrons. The minimum atomic E-state index is -4.93. The molecule has 8 heteroatoms. The first-order valence-corrected chi connectivity index (χ1v) is 6.60. The monoisotopic (exact) mass is 347 g/mol. The zero-order valence-corrected chi connectivity index (χ0v) is 12.2. The molecule has 0 heterocycles. The van der Waals surface area contributed by atoms with Crippen molar-refractivity contribution < 1.29 is 31.4 Å². The van der Waals surface area contributed by atoms with Crippen molar-refractivity contribution in [2.75, 3.05) is 0 Å². The maximum atomic E-state index is 12.8. The summed E-state index contributed by atoms with van der Waals surface area (Å²) in [5.41, 5.74) is -2.73. The molecule has 0 fully saturated rings. The van der Waals surface area contributed by atoms with Gasteiger partial charge in [0.1, 0.15) is 5.75 Å². The van der Waals surface area contributed by atoms with Crippen molar-refractivity contribution in [2.24, 2.45) is 4.99 Å². The van der Waals surface area contributed by atoms with Crippen LogP contribution in [0.4, 0.5) is 32.0 Å². The Morgan fingerprint density at radius 1 is 0.917 bits per heavy atom. The minimum Gasteiger partial charge on any atom is -0.507 e. The van der Waals surface area contributed by atoms with E-state index in [1.165, 1.54) is 6.07 Å². The molecule has 0 unspecified atom stereocenters. The molecule has 2 nitrogen and oxygen atoms in total. The first-order chi connectivity index (χ1) is 11.0. The van der Waals surface area contributed by atoms with Crippen molar-refractivity contribution in [1.29, 1.82) is 0 Å². The van der Waals surface area contributed by atoms with E-state index < -0.39 is 29.2 Å². The summed E-state index contributed by atoms with van der Waals surface area (Å²) < 4.78 is 76.5. The quantitative estimate of drug-likeness (QED) is 0.566. The predicted molar refractivity (Wildman–Crippen MR) is 76.5 cm³/mol. The van der Waals surface area contributed by atoms with Crippen LogP contribution in [0.25, 0.3) is 0 Å². The number of aliphatic imine (C=N–C) groups is 1. The van der Waals surface area contributed by atoms with Crippen molar-refractivity contribution in [2.45, 2.75) is 19.3 Å². The molecule has 0 aliphatic carbocycles. The zero-order chi connectivity index (χ0) is 18.1. The van der Waals surface area contributed by atoms with Gasteiger partial charge in [0.05, 0.1) is 16.8 Å². The van der Waals surface area contributed by atoms with Crippen molar-refractivity contribution in [3.05, 3.63) is 58.7 Å². The van der Waals surface area contributed by atoms with E-state index >= 15 is 0 Å². The van der Waals surface area contributed by atoms with Gasteiger partial charge in [0.2, 0.25) is 0 Å². The number of para-hydroxylation sites is 1. The van der Waals surface area contributed by atoms with Crippen LogP contribution in [0.5, 0.6) is 5.75 Å². The number of aryl methyl sites for hydroxylation is 1. The molecule has 0 bridgehead atoms. The molecule has 1 N–H and O–H groups in total. The molecule has 0 saturated heterocycles. The van der Waals surface area contributed by atoms with E-state index in [2.05, 4.69) is 4.99 Å². The lowest BCUT2D eigenvalue weighted by atomic mass is 10.1. The van der Waals surface area contributed by atoms with Crippen molar-refractivity contribution in [3.63, 3.8) is 0 Å². The average Bonchev–Trinajstić information content (AvgIpc) is 2.47. The normalized spacial score (nSPS) is 12.8. The summed E-state index contributed by atoms with van der Waals surface area (Å²) in [6, 6.07) is 5.66. The molecule has 2 aromatic rings. The van der Waals surface area contributed by atoms with Gasteiger partial charge in [-0.1, -0.05) is 12.1 Å². The van der Waals surface area contributed by atoms with E-state index in [0.717, 1.165) is 6.21 Å². The van der Waals surface area contributed by atoms with Crippen molar-refractivity contribution in [1.82, 2.24) is 0 Å². The Labute approximate surface area is 133 Å². The second-order valence-electron chi connectivity index (χ2n) is 5.04. The highest BCUT2D eigenvalue weighted by Crippen LogP contribution is 2.38. The summed E-state index contributed by atoms with van der Waals surface area (Å²) in [5.74, 6) is -0.149. The molecule has 0 spiro atoms. The Morgan fingerprint density at radius 2 is 1.46 bits per heavy atom. The van der Waals surface area contributed by atoms with Crippen LogP contribution in [0.15, 0.2) is 41.4 Å². The number of phenols is 1. The second kappa shape index (κ2) is 6.18. The third kappa shape index (κ3) is 4.06. The Bertz CT molecular complexity index is 745. The molecule has 0 aliphatic heterocycles. The zero-order valence-electron chi connectivity index (χ0n) is 12.2. The molecule has 2 aromatic carbocycles. The van der Waals surface area contributed by atoms with Crippen LogP contribution in [0, 0.1) is 6.92 Å². The number of nitrogens with zero attached hydrogens (tertiary/aromatic N) is 1. The molecule has 0 saturated carbocycles. The summed E-state index contributed by atoms with van der Waals surface area (Å²) in [7, 11) is 0. The number of phenolic OH excluding ortho intramolecular Hbond substituents is 1. The molecular formula is C16H11F6NO. The third-order valence-corrected chi connectivity index (χ3v) is 3.19. The maximum Gasteiger partial charge on any atom is 0.416 e. The highest BCUT2D eigenvalue weighted by Gasteiger charge is 2.36. The molecule has 128 valence electrons. The van der Waals surface area contributed by atoms with Crippen LogP contribution >= 0.6 is 0 Å². The number of benzene rings is 2. The van der Waals surface area contributed by atoms with Gasteiger partial charge < -0.3 is 5.11 Å². The van der Waals surface area contributed by atoms with Crippen LogP contribution in [-0.2, 0) is 12.4 Å². The van der Waals surface area contributed by atoms with Gasteiger partial charge in [-0.2, -0.15) is 26.3 Å². The first kappa shape index (κ1) is 17.8. The van der Waals surface area contributed by atoms with E-state index in [-0.39, 0.29) is 17.4 Å². The van der Waals surface area contributed by atoms with Gasteiger partial charge in [-0.15, -0.1) is 0 Å². The lowest BCUT2D eigenvalue weighted by molar-refractivity contribution is -0.143. The lowest BCUT2D eigenvalue weighted by Crippen LogP contribution is -2.10. The van der Waals surface area contributed by atoms with Crippen LogP contribution in [-0.4, -0.2) is 11.3 Å². The second-order valence-corrected chi connectivity index (χ2v) is 5.04. The van der Waals surface area contributed by atoms with Crippen LogP contribution in [0.1, 0.15) is 22.3 Å². The van der Waals surface area contributed by atoms with E-state index in [1.807, 2.05) is 0 Å². The largest absolute Gasteiger partial charge is 0.507 e. The number of rotatable bonds is 2. The smallest absolute Gasteiger partial charge is 0.416 e. The standard InChI is InChI=1S/C16H11F6NO/c1-9-3-2-4-10(14(9)24)8-23-13-6-11(15(17,18)19)5-12(7-13)16(20,21)22/h2-8,24H,1H3. The summed E-state index contributed by atoms with van der Waals surface area (Å²) in [5, 5.41) is 9.79. The predicted octanol–water partition coefficient (Wildman–Crippen LogP) is 5.49. The molecular weight excluding hydrogens is 336 g/mol. The van der Waals surface area contributed by atoms with Crippen LogP contribution in [0.2, 0.25) is 0 Å². The van der Waals surface area contributed by atoms with E-state index in [0.29, 0.717) is 17.7 Å². The fourth-order valence-electron chi connectivity index (χ4n) is 1.94. The number of alkyl halides is 6. The van der Waals surface area contributed by atoms with Crippen LogP contribution < -0.4 is 0 Å². The summed E-state index contributed by atoms with van der Waals surface area (Å²) in [6.45, 7) is 1.60. The molecule has 2 rings (SSSR count). The van der Waals surface area contributed by atoms with E-state index in [9.17, 15) is 31.4 Å². The number of hydrogen-bond donors (Lipinski definition) is 1. The summed E-state index contributed by atoms with van der Waals surface area (Å²) in [6.07, 6.45) is -8.86. The number of hydrogen-bond acceptors (Lipinski definition) is 2. The topological polar surface area (TPSA) is 32.6 Å². The fraction of sp³-hybridized carbons (Fsp3) is 0.188.